The zero-order valence-electron chi connectivity index (χ0n) is 3.29. The lowest BCUT2D eigenvalue weighted by Crippen LogP contribution is -2.30. The lowest BCUT2D eigenvalue weighted by atomic mass is 11.9. The largest absolute Gasteiger partial charge is 0.257 e. The van der Waals surface area contributed by atoms with Gasteiger partial charge in [0.2, 0.25) is 0 Å². The molecule has 0 fully saturated rings. The van der Waals surface area contributed by atoms with E-state index in [0.29, 0.717) is 4.70 Å². The van der Waals surface area contributed by atoms with Gasteiger partial charge in [0.15, 0.2) is 0 Å². The molecular weight excluding hydrogens is 136 g/mol. The number of rotatable bonds is 2. The Morgan fingerprint density at radius 3 is 2.14 bits per heavy atom. The third kappa shape index (κ3) is 2.63. The smallest absolute Gasteiger partial charge is 0.256 e. The predicted octanol–water partition coefficient (Wildman–Crippen LogP) is -1.26. The maximum atomic E-state index is 9.97. The van der Waals surface area contributed by atoms with Crippen molar-refractivity contribution >= 4 is 26.9 Å². The highest BCUT2D eigenvalue weighted by molar-refractivity contribution is 8.13. The molecule has 6 heteroatoms. The van der Waals surface area contributed by atoms with Crippen LogP contribution in [0.5, 0.6) is 0 Å². The molecular formula is CH4N2O2S2. The summed E-state index contributed by atoms with van der Waals surface area (Å²) in [6, 6.07) is 0. The molecule has 0 saturated carbocycles. The number of nitrogens with one attached hydrogen (secondary N) is 1. The molecule has 0 radical (unpaired) electrons. The fraction of sp³-hybridized carbons (Fsp3) is 0. The number of hydrogen-bond donors (Lipinski definition) is 2. The quantitative estimate of drug-likeness (QED) is 0.285. The minimum absolute atomic E-state index is 0.562. The second kappa shape index (κ2) is 2.31. The summed E-state index contributed by atoms with van der Waals surface area (Å²) in [5, 5.41) is 0. The van der Waals surface area contributed by atoms with Gasteiger partial charge in [0, 0.05) is 0 Å². The van der Waals surface area contributed by atoms with Gasteiger partial charge in [0.05, 0.1) is 0 Å². The number of thiocarbonyl (C=S) groups is 1. The summed E-state index contributed by atoms with van der Waals surface area (Å²) >= 11 is 4.03. The average Bonchev–Trinajstić information content (AvgIpc) is 1.68. The summed E-state index contributed by atoms with van der Waals surface area (Å²) in [6.45, 7) is 0. The molecule has 7 heavy (non-hydrogen) atoms. The summed E-state index contributed by atoms with van der Waals surface area (Å²) in [7, 11) is -3.44. The van der Waals surface area contributed by atoms with Gasteiger partial charge in [0.25, 0.3) is 10.0 Å². The first kappa shape index (κ1) is 6.96. The van der Waals surface area contributed by atoms with E-state index in [1.807, 2.05) is 0 Å². The number of hydrazine groups is 1. The molecule has 0 unspecified atom stereocenters. The molecule has 42 valence electrons. The van der Waals surface area contributed by atoms with E-state index in [2.05, 4.69) is 18.1 Å². The van der Waals surface area contributed by atoms with Crippen molar-refractivity contribution in [2.24, 2.45) is 5.84 Å². The lowest BCUT2D eigenvalue weighted by Gasteiger charge is -1.86. The molecule has 0 spiro atoms. The summed E-state index contributed by atoms with van der Waals surface area (Å²) in [6.07, 6.45) is 0. The molecule has 4 nitrogen and oxygen atoms in total. The van der Waals surface area contributed by atoms with Crippen LogP contribution in [0.2, 0.25) is 0 Å². The molecule has 0 saturated heterocycles. The van der Waals surface area contributed by atoms with Crippen LogP contribution in [-0.2, 0) is 10.0 Å². The van der Waals surface area contributed by atoms with E-state index >= 15 is 0 Å². The second-order valence-electron chi connectivity index (χ2n) is 0.759. The van der Waals surface area contributed by atoms with E-state index in [4.69, 9.17) is 0 Å². The third-order valence-corrected chi connectivity index (χ3v) is 1.63. The molecule has 0 atom stereocenters. The fourth-order valence-electron chi connectivity index (χ4n) is 0.0278. The van der Waals surface area contributed by atoms with Gasteiger partial charge in [-0.3, -0.25) is 5.84 Å². The Labute approximate surface area is 46.7 Å². The number of hydrogen-bond acceptors (Lipinski definition) is 4. The van der Waals surface area contributed by atoms with E-state index in [-0.39, 0.29) is 0 Å². The van der Waals surface area contributed by atoms with E-state index in [0.717, 1.165) is 0 Å². The first-order valence-corrected chi connectivity index (χ1v) is 3.32. The maximum Gasteiger partial charge on any atom is 0.256 e. The van der Waals surface area contributed by atoms with E-state index in [1.54, 1.807) is 0 Å². The Morgan fingerprint density at radius 1 is 1.71 bits per heavy atom. The molecule has 0 amide bonds. The zero-order valence-corrected chi connectivity index (χ0v) is 4.92. The molecule has 0 aliphatic rings. The molecule has 0 bridgehead atoms. The summed E-state index contributed by atoms with van der Waals surface area (Å²) < 4.78 is 20.5. The van der Waals surface area contributed by atoms with Crippen LogP contribution in [0.15, 0.2) is 0 Å². The van der Waals surface area contributed by atoms with Crippen molar-refractivity contribution < 1.29 is 8.42 Å². The minimum Gasteiger partial charge on any atom is -0.257 e. The minimum atomic E-state index is -3.44. The Morgan fingerprint density at radius 2 is 2.14 bits per heavy atom. The fourth-order valence-corrected chi connectivity index (χ4v) is 0.250. The maximum absolute atomic E-state index is 9.97. The monoisotopic (exact) mass is 140 g/mol. The average molecular weight is 140 g/mol. The van der Waals surface area contributed by atoms with Crippen LogP contribution in [0, 0.1) is 0 Å². The Kier molecular flexibility index (Phi) is 2.30. The van der Waals surface area contributed by atoms with Gasteiger partial charge in [-0.2, -0.15) is 0 Å². The highest BCUT2D eigenvalue weighted by atomic mass is 32.2. The van der Waals surface area contributed by atoms with Crippen molar-refractivity contribution in [3.05, 3.63) is 0 Å². The Bertz CT molecular complexity index is 147. The summed E-state index contributed by atoms with van der Waals surface area (Å²) in [4.78, 5) is 1.50. The molecule has 0 aromatic heterocycles. The van der Waals surface area contributed by atoms with Crippen LogP contribution in [-0.4, -0.2) is 13.1 Å². The van der Waals surface area contributed by atoms with Crippen LogP contribution in [0.25, 0.3) is 0 Å². The second-order valence-corrected chi connectivity index (χ2v) is 2.85. The molecule has 0 aromatic carbocycles. The Balaban J connectivity index is 4.17. The molecule has 0 aliphatic carbocycles. The van der Waals surface area contributed by atoms with E-state index < -0.39 is 10.0 Å². The molecule has 0 aromatic rings. The van der Waals surface area contributed by atoms with Crippen molar-refractivity contribution in [2.45, 2.75) is 0 Å². The van der Waals surface area contributed by atoms with Gasteiger partial charge in [-0.15, -0.1) is 4.83 Å². The number of sulfonamides is 1. The van der Waals surface area contributed by atoms with E-state index in [1.165, 1.54) is 4.83 Å². The van der Waals surface area contributed by atoms with Crippen molar-refractivity contribution in [2.75, 3.05) is 0 Å². The van der Waals surface area contributed by atoms with Crippen LogP contribution >= 0.6 is 12.2 Å². The lowest BCUT2D eigenvalue weighted by molar-refractivity contribution is 0.597. The first-order chi connectivity index (χ1) is 3.12. The highest BCUT2D eigenvalue weighted by Gasteiger charge is 1.95. The van der Waals surface area contributed by atoms with Gasteiger partial charge in [-0.25, -0.2) is 8.42 Å². The number of nitrogens with two attached hydrogens (primary N) is 1. The van der Waals surface area contributed by atoms with Crippen molar-refractivity contribution in [3.63, 3.8) is 0 Å². The normalized spacial score (nSPS) is 11.0. The molecule has 0 aliphatic heterocycles. The summed E-state index contributed by atoms with van der Waals surface area (Å²) in [5.41, 5.74) is 0. The van der Waals surface area contributed by atoms with Gasteiger partial charge in [-0.05, 0) is 0 Å². The summed E-state index contributed by atoms with van der Waals surface area (Å²) in [5.74, 6) is 4.48. The van der Waals surface area contributed by atoms with Gasteiger partial charge in [0.1, 0.15) is 4.70 Å². The third-order valence-electron chi connectivity index (χ3n) is 0.291. The molecule has 0 heterocycles. The SMILES string of the molecule is NNS(=O)(=O)C=S. The zero-order chi connectivity index (χ0) is 5.91. The topological polar surface area (TPSA) is 72.2 Å². The Hall–Kier alpha value is -0.0400. The van der Waals surface area contributed by atoms with Gasteiger partial charge >= 0.3 is 0 Å². The van der Waals surface area contributed by atoms with Gasteiger partial charge < -0.3 is 0 Å². The van der Waals surface area contributed by atoms with Crippen molar-refractivity contribution in [1.29, 1.82) is 0 Å². The van der Waals surface area contributed by atoms with Crippen molar-refractivity contribution in [1.82, 2.24) is 4.83 Å². The standard InChI is InChI=1S/CH4N2O2S2/c2-3-7(4,5)1-6/h1,3H,2H2. The van der Waals surface area contributed by atoms with Crippen LogP contribution in [0.1, 0.15) is 0 Å². The van der Waals surface area contributed by atoms with Gasteiger partial charge in [-0.1, -0.05) is 12.2 Å². The van der Waals surface area contributed by atoms with Crippen molar-refractivity contribution in [3.8, 4) is 0 Å². The van der Waals surface area contributed by atoms with E-state index in [9.17, 15) is 8.42 Å². The van der Waals surface area contributed by atoms with Crippen LogP contribution < -0.4 is 10.7 Å². The first-order valence-electron chi connectivity index (χ1n) is 1.30. The highest BCUT2D eigenvalue weighted by Crippen LogP contribution is 1.68. The molecule has 3 N–H and O–H groups in total. The predicted molar refractivity (Wildman–Crippen MR) is 29.9 cm³/mol. The van der Waals surface area contributed by atoms with Crippen LogP contribution in [0.3, 0.4) is 0 Å². The van der Waals surface area contributed by atoms with Crippen LogP contribution in [0.4, 0.5) is 0 Å². The molecule has 0 rings (SSSR count).